The van der Waals surface area contributed by atoms with Crippen LogP contribution >= 0.6 is 11.6 Å². The molecule has 1 N–H and O–H groups in total. The molecular formula is C16H25ClN2O2S. The number of rotatable bonds is 6. The summed E-state index contributed by atoms with van der Waals surface area (Å²) in [5.41, 5.74) is 0.717. The van der Waals surface area contributed by atoms with Crippen LogP contribution in [-0.2, 0) is 15.8 Å². The van der Waals surface area contributed by atoms with E-state index in [2.05, 4.69) is 23.5 Å². The monoisotopic (exact) mass is 344 g/mol. The second kappa shape index (κ2) is 7.77. The van der Waals surface area contributed by atoms with Crippen molar-refractivity contribution in [3.05, 3.63) is 34.9 Å². The lowest BCUT2D eigenvalue weighted by molar-refractivity contribution is 0.150. The Labute approximate surface area is 138 Å². The van der Waals surface area contributed by atoms with Crippen molar-refractivity contribution in [3.8, 4) is 0 Å². The molecule has 1 aliphatic heterocycles. The average Bonchev–Trinajstić information content (AvgIpc) is 2.45. The Balaban J connectivity index is 1.81. The van der Waals surface area contributed by atoms with Crippen LogP contribution in [0.15, 0.2) is 24.3 Å². The van der Waals surface area contributed by atoms with Crippen LogP contribution in [0.3, 0.4) is 0 Å². The van der Waals surface area contributed by atoms with E-state index in [9.17, 15) is 8.42 Å². The molecule has 124 valence electrons. The van der Waals surface area contributed by atoms with Crippen LogP contribution < -0.4 is 4.72 Å². The van der Waals surface area contributed by atoms with E-state index in [0.29, 0.717) is 23.5 Å². The summed E-state index contributed by atoms with van der Waals surface area (Å²) in [4.78, 5) is 2.44. The van der Waals surface area contributed by atoms with Crippen LogP contribution in [0.2, 0.25) is 5.02 Å². The van der Waals surface area contributed by atoms with E-state index in [-0.39, 0.29) is 5.75 Å². The van der Waals surface area contributed by atoms with Crippen molar-refractivity contribution in [2.75, 3.05) is 19.6 Å². The van der Waals surface area contributed by atoms with Crippen molar-refractivity contribution in [2.45, 2.75) is 38.5 Å². The number of hydrogen-bond donors (Lipinski definition) is 1. The molecule has 0 saturated carbocycles. The first-order valence-corrected chi connectivity index (χ1v) is 9.84. The normalized spacial score (nSPS) is 18.0. The van der Waals surface area contributed by atoms with E-state index in [4.69, 9.17) is 11.6 Å². The van der Waals surface area contributed by atoms with Gasteiger partial charge in [-0.3, -0.25) is 0 Å². The summed E-state index contributed by atoms with van der Waals surface area (Å²) >= 11 is 5.89. The second-order valence-corrected chi connectivity index (χ2v) is 8.55. The number of piperidine rings is 1. The highest BCUT2D eigenvalue weighted by Crippen LogP contribution is 2.19. The fourth-order valence-corrected chi connectivity index (χ4v) is 4.24. The third kappa shape index (κ3) is 5.54. The van der Waals surface area contributed by atoms with E-state index < -0.39 is 10.0 Å². The van der Waals surface area contributed by atoms with Gasteiger partial charge in [0.15, 0.2) is 0 Å². The van der Waals surface area contributed by atoms with Gasteiger partial charge in [-0.05, 0) is 63.4 Å². The maximum Gasteiger partial charge on any atom is 0.215 e. The van der Waals surface area contributed by atoms with Gasteiger partial charge in [-0.2, -0.15) is 0 Å². The Hall–Kier alpha value is -0.620. The summed E-state index contributed by atoms with van der Waals surface area (Å²) in [6, 6.07) is 7.57. The minimum absolute atomic E-state index is 0.0155. The van der Waals surface area contributed by atoms with Crippen molar-refractivity contribution in [3.63, 3.8) is 0 Å². The van der Waals surface area contributed by atoms with Gasteiger partial charge in [0.2, 0.25) is 10.0 Å². The maximum atomic E-state index is 12.2. The SMILES string of the molecule is CC(C)N1CCC(CNS(=O)(=O)Cc2cccc(Cl)c2)CC1. The first kappa shape index (κ1) is 17.7. The largest absolute Gasteiger partial charge is 0.301 e. The molecule has 0 aliphatic carbocycles. The Bertz CT molecular complexity index is 582. The lowest BCUT2D eigenvalue weighted by atomic mass is 9.96. The minimum atomic E-state index is -3.30. The molecule has 6 heteroatoms. The molecule has 1 aromatic rings. The molecule has 0 bridgehead atoms. The van der Waals surface area contributed by atoms with Crippen LogP contribution in [0, 0.1) is 5.92 Å². The lowest BCUT2D eigenvalue weighted by Crippen LogP contribution is -2.41. The van der Waals surface area contributed by atoms with E-state index in [1.807, 2.05) is 0 Å². The van der Waals surface area contributed by atoms with Gasteiger partial charge in [0, 0.05) is 17.6 Å². The highest BCUT2D eigenvalue weighted by Gasteiger charge is 2.22. The fraction of sp³-hybridized carbons (Fsp3) is 0.625. The minimum Gasteiger partial charge on any atom is -0.301 e. The molecule has 1 heterocycles. The molecule has 4 nitrogen and oxygen atoms in total. The van der Waals surface area contributed by atoms with Gasteiger partial charge in [-0.15, -0.1) is 0 Å². The summed E-state index contributed by atoms with van der Waals surface area (Å²) in [6.07, 6.45) is 2.11. The summed E-state index contributed by atoms with van der Waals surface area (Å²) in [5, 5.41) is 0.564. The van der Waals surface area contributed by atoms with Gasteiger partial charge < -0.3 is 4.90 Å². The number of nitrogens with one attached hydrogen (secondary N) is 1. The summed E-state index contributed by atoms with van der Waals surface area (Å²) in [5.74, 6) is 0.419. The van der Waals surface area contributed by atoms with Crippen LogP contribution in [0.1, 0.15) is 32.3 Å². The topological polar surface area (TPSA) is 49.4 Å². The molecule has 1 fully saturated rings. The van der Waals surface area contributed by atoms with Gasteiger partial charge in [0.25, 0.3) is 0 Å². The van der Waals surface area contributed by atoms with Crippen LogP contribution in [0.4, 0.5) is 0 Å². The second-order valence-electron chi connectivity index (χ2n) is 6.31. The first-order valence-electron chi connectivity index (χ1n) is 7.81. The number of sulfonamides is 1. The zero-order chi connectivity index (χ0) is 16.2. The lowest BCUT2D eigenvalue weighted by Gasteiger charge is -2.34. The summed E-state index contributed by atoms with van der Waals surface area (Å²) in [7, 11) is -3.30. The molecule has 0 radical (unpaired) electrons. The van der Waals surface area contributed by atoms with Crippen molar-refractivity contribution in [1.29, 1.82) is 0 Å². The van der Waals surface area contributed by atoms with Crippen molar-refractivity contribution in [2.24, 2.45) is 5.92 Å². The van der Waals surface area contributed by atoms with Gasteiger partial charge in [-0.1, -0.05) is 23.7 Å². The third-order valence-corrected chi connectivity index (χ3v) is 5.77. The smallest absolute Gasteiger partial charge is 0.215 e. The van der Waals surface area contributed by atoms with Crippen molar-refractivity contribution >= 4 is 21.6 Å². The summed E-state index contributed by atoms with van der Waals surface area (Å²) < 4.78 is 27.1. The molecule has 22 heavy (non-hydrogen) atoms. The molecule has 1 aliphatic rings. The molecule has 0 amide bonds. The number of halogens is 1. The van der Waals surface area contributed by atoms with E-state index in [1.165, 1.54) is 0 Å². The Morgan fingerprint density at radius 3 is 2.59 bits per heavy atom. The first-order chi connectivity index (χ1) is 10.4. The van der Waals surface area contributed by atoms with Gasteiger partial charge >= 0.3 is 0 Å². The Morgan fingerprint density at radius 2 is 2.00 bits per heavy atom. The summed E-state index contributed by atoms with van der Waals surface area (Å²) in [6.45, 7) is 7.05. The average molecular weight is 345 g/mol. The van der Waals surface area contributed by atoms with E-state index >= 15 is 0 Å². The quantitative estimate of drug-likeness (QED) is 0.863. The highest BCUT2D eigenvalue weighted by molar-refractivity contribution is 7.88. The Morgan fingerprint density at radius 1 is 1.32 bits per heavy atom. The van der Waals surface area contributed by atoms with Crippen molar-refractivity contribution in [1.82, 2.24) is 9.62 Å². The highest BCUT2D eigenvalue weighted by atomic mass is 35.5. The molecular weight excluding hydrogens is 320 g/mol. The molecule has 0 aromatic heterocycles. The van der Waals surface area contributed by atoms with E-state index in [0.717, 1.165) is 31.5 Å². The van der Waals surface area contributed by atoms with Crippen molar-refractivity contribution < 1.29 is 8.42 Å². The molecule has 0 atom stereocenters. The molecule has 1 aromatic carbocycles. The van der Waals surface area contributed by atoms with Crippen LogP contribution in [0.5, 0.6) is 0 Å². The van der Waals surface area contributed by atoms with Crippen LogP contribution in [-0.4, -0.2) is 39.0 Å². The zero-order valence-corrected chi connectivity index (χ0v) is 14.8. The number of hydrogen-bond acceptors (Lipinski definition) is 3. The van der Waals surface area contributed by atoms with Gasteiger partial charge in [0.05, 0.1) is 5.75 Å². The number of benzene rings is 1. The Kier molecular flexibility index (Phi) is 6.26. The fourth-order valence-electron chi connectivity index (χ4n) is 2.82. The standard InChI is InChI=1S/C16H25ClN2O2S/c1-13(2)19-8-6-14(7-9-19)11-18-22(20,21)12-15-4-3-5-16(17)10-15/h3-5,10,13-14,18H,6-9,11-12H2,1-2H3. The number of likely N-dealkylation sites (tertiary alicyclic amines) is 1. The molecule has 2 rings (SSSR count). The molecule has 0 unspecified atom stereocenters. The van der Waals surface area contributed by atoms with Crippen LogP contribution in [0.25, 0.3) is 0 Å². The van der Waals surface area contributed by atoms with Gasteiger partial charge in [-0.25, -0.2) is 13.1 Å². The zero-order valence-electron chi connectivity index (χ0n) is 13.3. The number of nitrogens with zero attached hydrogens (tertiary/aromatic N) is 1. The van der Waals surface area contributed by atoms with Gasteiger partial charge in [0.1, 0.15) is 0 Å². The predicted octanol–water partition coefficient (Wildman–Crippen LogP) is 2.88. The molecule has 1 saturated heterocycles. The third-order valence-electron chi connectivity index (χ3n) is 4.22. The predicted molar refractivity (Wildman–Crippen MR) is 91.5 cm³/mol. The van der Waals surface area contributed by atoms with E-state index in [1.54, 1.807) is 24.3 Å². The molecule has 0 spiro atoms. The maximum absolute atomic E-state index is 12.2.